The van der Waals surface area contributed by atoms with Crippen molar-refractivity contribution in [2.45, 2.75) is 18.4 Å². The van der Waals surface area contributed by atoms with E-state index in [9.17, 15) is 14.4 Å². The zero-order valence-corrected chi connectivity index (χ0v) is 13.4. The molecule has 3 rings (SSSR count). The highest BCUT2D eigenvalue weighted by Gasteiger charge is 2.24. The third kappa shape index (κ3) is 4.02. The first-order chi connectivity index (χ1) is 12.0. The van der Waals surface area contributed by atoms with Crippen LogP contribution in [-0.4, -0.2) is 15.0 Å². The van der Waals surface area contributed by atoms with Crippen molar-refractivity contribution in [1.29, 1.82) is 0 Å². The van der Waals surface area contributed by atoms with Gasteiger partial charge in [0.1, 0.15) is 0 Å². The van der Waals surface area contributed by atoms with Gasteiger partial charge in [0.25, 0.3) is 0 Å². The second-order valence-electron chi connectivity index (χ2n) is 5.82. The number of rotatable bonds is 5. The average Bonchev–Trinajstić information content (AvgIpc) is 2.59. The lowest BCUT2D eigenvalue weighted by atomic mass is 9.89. The van der Waals surface area contributed by atoms with Crippen molar-refractivity contribution >= 4 is 0 Å². The van der Waals surface area contributed by atoms with Gasteiger partial charge in [0.05, 0.1) is 6.04 Å². The van der Waals surface area contributed by atoms with Crippen LogP contribution in [0.15, 0.2) is 69.0 Å². The summed E-state index contributed by atoms with van der Waals surface area (Å²) in [7, 11) is 0. The van der Waals surface area contributed by atoms with E-state index in [0.29, 0.717) is 23.5 Å². The molecule has 7 nitrogen and oxygen atoms in total. The molecule has 0 fully saturated rings. The van der Waals surface area contributed by atoms with Gasteiger partial charge in [0.15, 0.2) is 0 Å². The van der Waals surface area contributed by atoms with E-state index in [1.165, 1.54) is 18.2 Å². The van der Waals surface area contributed by atoms with Crippen molar-refractivity contribution < 1.29 is 0 Å². The maximum atomic E-state index is 11.7. The Balaban J connectivity index is 2.03. The summed E-state index contributed by atoms with van der Waals surface area (Å²) >= 11 is 0. The monoisotopic (exact) mass is 338 g/mol. The van der Waals surface area contributed by atoms with E-state index >= 15 is 0 Å². The number of nitrogens with two attached hydrogens (primary N) is 1. The maximum Gasteiger partial charge on any atom is 0.248 e. The molecule has 3 aromatic rings. The van der Waals surface area contributed by atoms with Crippen molar-refractivity contribution in [3.05, 3.63) is 103 Å². The summed E-state index contributed by atoms with van der Waals surface area (Å²) < 4.78 is 0. The molecule has 5 N–H and O–H groups in total. The first-order valence-corrected chi connectivity index (χ1v) is 7.85. The Hall–Kier alpha value is -3.19. The summed E-state index contributed by atoms with van der Waals surface area (Å²) in [6, 6.07) is 13.9. The van der Waals surface area contributed by atoms with Gasteiger partial charge in [-0.3, -0.25) is 14.4 Å². The molecule has 0 spiro atoms. The van der Waals surface area contributed by atoms with Crippen LogP contribution in [0.3, 0.4) is 0 Å². The lowest BCUT2D eigenvalue weighted by molar-refractivity contribution is 0.520. The normalized spacial score (nSPS) is 13.3. The fourth-order valence-electron chi connectivity index (χ4n) is 2.84. The van der Waals surface area contributed by atoms with Gasteiger partial charge in [-0.2, -0.15) is 0 Å². The minimum atomic E-state index is -0.573. The van der Waals surface area contributed by atoms with Crippen LogP contribution >= 0.6 is 0 Å². The molecular weight excluding hydrogens is 320 g/mol. The molecule has 3 heterocycles. The third-order valence-electron chi connectivity index (χ3n) is 4.04. The number of H-pyrrole nitrogens is 3. The first kappa shape index (κ1) is 16.7. The molecule has 25 heavy (non-hydrogen) atoms. The highest BCUT2D eigenvalue weighted by Crippen LogP contribution is 2.29. The van der Waals surface area contributed by atoms with Crippen LogP contribution in [0.2, 0.25) is 0 Å². The topological polar surface area (TPSA) is 125 Å². The molecule has 7 heteroatoms. The maximum absolute atomic E-state index is 11.7. The van der Waals surface area contributed by atoms with Gasteiger partial charge in [-0.25, -0.2) is 0 Å². The van der Waals surface area contributed by atoms with Crippen LogP contribution in [-0.2, 0) is 6.42 Å². The molecule has 0 aliphatic carbocycles. The molecule has 0 saturated heterocycles. The van der Waals surface area contributed by atoms with Crippen LogP contribution < -0.4 is 22.4 Å². The SMILES string of the molecule is NC(c1cccc(=O)[nH]1)C(Cc1cccc(=O)[nH]1)c1cccc(=O)[nH]1. The number of aromatic amines is 3. The summed E-state index contributed by atoms with van der Waals surface area (Å²) in [4.78, 5) is 43.1. The molecule has 0 amide bonds. The van der Waals surface area contributed by atoms with Gasteiger partial charge < -0.3 is 20.7 Å². The molecule has 0 aliphatic rings. The van der Waals surface area contributed by atoms with E-state index in [2.05, 4.69) is 15.0 Å². The average molecular weight is 338 g/mol. The van der Waals surface area contributed by atoms with E-state index in [1.807, 2.05) is 0 Å². The number of pyridine rings is 3. The Morgan fingerprint density at radius 3 is 1.84 bits per heavy atom. The van der Waals surface area contributed by atoms with Crippen molar-refractivity contribution in [2.75, 3.05) is 0 Å². The van der Waals surface area contributed by atoms with Crippen LogP contribution in [0, 0.1) is 0 Å². The van der Waals surface area contributed by atoms with Gasteiger partial charge in [0, 0.05) is 41.2 Å². The molecule has 0 aromatic carbocycles. The Labute approximate surface area is 142 Å². The smallest absolute Gasteiger partial charge is 0.248 e. The lowest BCUT2D eigenvalue weighted by Gasteiger charge is -2.24. The highest BCUT2D eigenvalue weighted by molar-refractivity contribution is 5.21. The van der Waals surface area contributed by atoms with Gasteiger partial charge in [-0.15, -0.1) is 0 Å². The summed E-state index contributed by atoms with van der Waals surface area (Å²) in [6.07, 6.45) is 0.397. The molecule has 2 atom stereocenters. The van der Waals surface area contributed by atoms with E-state index in [1.54, 1.807) is 36.4 Å². The van der Waals surface area contributed by atoms with Crippen LogP contribution in [0.5, 0.6) is 0 Å². The van der Waals surface area contributed by atoms with Gasteiger partial charge in [0.2, 0.25) is 16.7 Å². The van der Waals surface area contributed by atoms with Crippen molar-refractivity contribution in [2.24, 2.45) is 5.73 Å². The Morgan fingerprint density at radius 2 is 1.24 bits per heavy atom. The molecule has 128 valence electrons. The predicted octanol–water partition coefficient (Wildman–Crippen LogP) is 0.778. The van der Waals surface area contributed by atoms with Gasteiger partial charge >= 0.3 is 0 Å². The van der Waals surface area contributed by atoms with Crippen LogP contribution in [0.4, 0.5) is 0 Å². The first-order valence-electron chi connectivity index (χ1n) is 7.85. The van der Waals surface area contributed by atoms with Crippen LogP contribution in [0.1, 0.15) is 29.0 Å². The minimum Gasteiger partial charge on any atom is -0.326 e. The van der Waals surface area contributed by atoms with E-state index < -0.39 is 6.04 Å². The lowest BCUT2D eigenvalue weighted by Crippen LogP contribution is -2.27. The number of aromatic nitrogens is 3. The fraction of sp³-hybridized carbons (Fsp3) is 0.167. The highest BCUT2D eigenvalue weighted by atomic mass is 16.1. The van der Waals surface area contributed by atoms with E-state index in [-0.39, 0.29) is 22.6 Å². The predicted molar refractivity (Wildman–Crippen MR) is 94.6 cm³/mol. The summed E-state index contributed by atoms with van der Waals surface area (Å²) in [6.45, 7) is 0. The Morgan fingerprint density at radius 1 is 0.720 bits per heavy atom. The number of nitrogens with one attached hydrogen (secondary N) is 3. The summed E-state index contributed by atoms with van der Waals surface area (Å²) in [5, 5.41) is 0. The van der Waals surface area contributed by atoms with Gasteiger partial charge in [-0.05, 0) is 24.6 Å². The Bertz CT molecular complexity index is 1030. The molecule has 0 saturated carbocycles. The van der Waals surface area contributed by atoms with Crippen molar-refractivity contribution in [3.63, 3.8) is 0 Å². The van der Waals surface area contributed by atoms with E-state index in [0.717, 1.165) is 0 Å². The molecule has 0 aliphatic heterocycles. The summed E-state index contributed by atoms with van der Waals surface area (Å²) in [5.41, 5.74) is 7.58. The largest absolute Gasteiger partial charge is 0.326 e. The number of hydrogen-bond acceptors (Lipinski definition) is 4. The molecular formula is C18H18N4O3. The fourth-order valence-corrected chi connectivity index (χ4v) is 2.84. The minimum absolute atomic E-state index is 0.209. The number of hydrogen-bond donors (Lipinski definition) is 4. The quantitative estimate of drug-likeness (QED) is 0.548. The molecule has 0 radical (unpaired) electrons. The molecule has 2 unspecified atom stereocenters. The Kier molecular flexibility index (Phi) is 4.76. The zero-order valence-electron chi connectivity index (χ0n) is 13.4. The van der Waals surface area contributed by atoms with Crippen molar-refractivity contribution in [1.82, 2.24) is 15.0 Å². The molecule has 3 aromatic heterocycles. The molecule has 0 bridgehead atoms. The van der Waals surface area contributed by atoms with Gasteiger partial charge in [-0.1, -0.05) is 18.2 Å². The van der Waals surface area contributed by atoms with E-state index in [4.69, 9.17) is 5.73 Å². The van der Waals surface area contributed by atoms with Crippen LogP contribution in [0.25, 0.3) is 0 Å². The second kappa shape index (κ2) is 7.14. The van der Waals surface area contributed by atoms with Crippen molar-refractivity contribution in [3.8, 4) is 0 Å². The summed E-state index contributed by atoms with van der Waals surface area (Å²) in [5.74, 6) is -0.343. The third-order valence-corrected chi connectivity index (χ3v) is 4.04. The standard InChI is InChI=1S/C18H18N4O3/c19-18(14-6-3-9-17(25)22-14)12(13-5-2-8-16(24)21-13)10-11-4-1-7-15(23)20-11/h1-9,12,18H,10,19H2,(H,20,23)(H,21,24)(H,22,25). The zero-order chi connectivity index (χ0) is 17.8. The second-order valence-corrected chi connectivity index (χ2v) is 5.82.